The number of carbonyl (C=O) groups excluding carboxylic acids is 1. The van der Waals surface area contributed by atoms with Gasteiger partial charge in [0.1, 0.15) is 0 Å². The van der Waals surface area contributed by atoms with Crippen molar-refractivity contribution in [3.8, 4) is 5.69 Å². The van der Waals surface area contributed by atoms with E-state index < -0.39 is 0 Å². The first-order valence-corrected chi connectivity index (χ1v) is 9.15. The van der Waals surface area contributed by atoms with Gasteiger partial charge in [0.2, 0.25) is 0 Å². The second-order valence-electron chi connectivity index (χ2n) is 5.82. The zero-order valence-corrected chi connectivity index (χ0v) is 15.3. The van der Waals surface area contributed by atoms with E-state index in [1.54, 1.807) is 4.90 Å². The van der Waals surface area contributed by atoms with Gasteiger partial charge in [0.05, 0.1) is 22.1 Å². The average Bonchev–Trinajstić information content (AvgIpc) is 3.31. The Balaban J connectivity index is 1.67. The van der Waals surface area contributed by atoms with Crippen LogP contribution in [0.5, 0.6) is 0 Å². The molecule has 4 rings (SSSR count). The zero-order chi connectivity index (χ0) is 18.1. The lowest BCUT2D eigenvalue weighted by atomic mass is 10.2. The minimum Gasteiger partial charge on any atom is -0.283 e. The highest BCUT2D eigenvalue weighted by Gasteiger charge is 2.23. The number of nitrogens with zero attached hydrogens (tertiary/aromatic N) is 5. The van der Waals surface area contributed by atoms with Crippen LogP contribution in [0.1, 0.15) is 23.0 Å². The molecule has 0 saturated carbocycles. The lowest BCUT2D eigenvalue weighted by Crippen LogP contribution is -2.31. The number of aryl methyl sites for hydroxylation is 1. The summed E-state index contributed by atoms with van der Waals surface area (Å²) in [6.07, 6.45) is 1.50. The van der Waals surface area contributed by atoms with Gasteiger partial charge in [0.25, 0.3) is 5.91 Å². The average molecular weight is 363 g/mol. The van der Waals surface area contributed by atoms with Crippen molar-refractivity contribution in [2.45, 2.75) is 13.8 Å². The molecule has 2 aromatic heterocycles. The monoisotopic (exact) mass is 363 g/mol. The Morgan fingerprint density at radius 3 is 2.69 bits per heavy atom. The third-order valence-electron chi connectivity index (χ3n) is 4.10. The fourth-order valence-electron chi connectivity index (χ4n) is 2.74. The van der Waals surface area contributed by atoms with E-state index in [4.69, 9.17) is 0 Å². The van der Waals surface area contributed by atoms with Gasteiger partial charge >= 0.3 is 0 Å². The minimum atomic E-state index is -0.202. The molecule has 0 radical (unpaired) electrons. The zero-order valence-electron chi connectivity index (χ0n) is 14.5. The summed E-state index contributed by atoms with van der Waals surface area (Å²) in [4.78, 5) is 20.7. The Morgan fingerprint density at radius 2 is 1.96 bits per heavy atom. The van der Waals surface area contributed by atoms with Gasteiger partial charge in [-0.1, -0.05) is 41.7 Å². The summed E-state index contributed by atoms with van der Waals surface area (Å²) < 4.78 is 1.07. The molecule has 1 amide bonds. The van der Waals surface area contributed by atoms with Gasteiger partial charge in [-0.15, -0.1) is 5.10 Å². The number of hydrogen-bond donors (Lipinski definition) is 0. The smallest absolute Gasteiger partial charge is 0.282 e. The summed E-state index contributed by atoms with van der Waals surface area (Å²) in [5.74, 6) is -0.202. The van der Waals surface area contributed by atoms with E-state index in [2.05, 4.69) is 15.2 Å². The van der Waals surface area contributed by atoms with Crippen molar-refractivity contribution in [2.75, 3.05) is 11.4 Å². The number of rotatable bonds is 4. The summed E-state index contributed by atoms with van der Waals surface area (Å²) in [6.45, 7) is 4.46. The minimum absolute atomic E-state index is 0.202. The highest BCUT2D eigenvalue weighted by Crippen LogP contribution is 2.31. The van der Waals surface area contributed by atoms with Crippen molar-refractivity contribution in [1.29, 1.82) is 0 Å². The molecule has 6 nitrogen and oxygen atoms in total. The fourth-order valence-corrected chi connectivity index (χ4v) is 3.85. The number of para-hydroxylation sites is 2. The number of fused-ring (bicyclic) bond motifs is 1. The van der Waals surface area contributed by atoms with Crippen molar-refractivity contribution in [2.24, 2.45) is 0 Å². The molecular weight excluding hydrogens is 346 g/mol. The number of thiazole rings is 1. The van der Waals surface area contributed by atoms with Crippen LogP contribution in [0.25, 0.3) is 15.9 Å². The highest BCUT2D eigenvalue weighted by molar-refractivity contribution is 7.22. The van der Waals surface area contributed by atoms with Gasteiger partial charge in [-0.2, -0.15) is 9.90 Å². The first-order chi connectivity index (χ1) is 12.7. The molecule has 0 spiro atoms. The van der Waals surface area contributed by atoms with Crippen molar-refractivity contribution in [3.05, 3.63) is 66.0 Å². The van der Waals surface area contributed by atoms with E-state index in [1.165, 1.54) is 22.3 Å². The molecule has 0 aliphatic rings. The normalized spacial score (nSPS) is 11.0. The SMILES string of the molecule is CCN(C(=O)c1cnn(-c2ccccc2)n1)c1nc2c(C)cccc2s1. The highest BCUT2D eigenvalue weighted by atomic mass is 32.1. The maximum atomic E-state index is 13.0. The molecule has 130 valence electrons. The van der Waals surface area contributed by atoms with E-state index >= 15 is 0 Å². The van der Waals surface area contributed by atoms with E-state index in [9.17, 15) is 4.79 Å². The fraction of sp³-hybridized carbons (Fsp3) is 0.158. The first kappa shape index (κ1) is 16.4. The number of amides is 1. The predicted octanol–water partition coefficient (Wildman–Crippen LogP) is 3.85. The number of benzene rings is 2. The van der Waals surface area contributed by atoms with Crippen LogP contribution in [0, 0.1) is 6.92 Å². The van der Waals surface area contributed by atoms with Crippen LogP contribution in [0.4, 0.5) is 5.13 Å². The maximum absolute atomic E-state index is 13.0. The van der Waals surface area contributed by atoms with E-state index in [0.717, 1.165) is 21.5 Å². The van der Waals surface area contributed by atoms with Crippen molar-refractivity contribution >= 4 is 32.6 Å². The van der Waals surface area contributed by atoms with Gasteiger partial charge in [-0.25, -0.2) is 4.98 Å². The van der Waals surface area contributed by atoms with Gasteiger partial charge < -0.3 is 0 Å². The lowest BCUT2D eigenvalue weighted by Gasteiger charge is -2.15. The Hall–Kier alpha value is -3.06. The summed E-state index contributed by atoms with van der Waals surface area (Å²) in [7, 11) is 0. The molecule has 0 aliphatic carbocycles. The Bertz CT molecular complexity index is 1070. The molecule has 4 aromatic rings. The van der Waals surface area contributed by atoms with Crippen molar-refractivity contribution < 1.29 is 4.79 Å². The molecular formula is C19H17N5OS. The van der Waals surface area contributed by atoms with Crippen LogP contribution in [-0.4, -0.2) is 32.4 Å². The number of anilines is 1. The van der Waals surface area contributed by atoms with E-state index in [-0.39, 0.29) is 5.91 Å². The first-order valence-electron chi connectivity index (χ1n) is 8.33. The predicted molar refractivity (Wildman–Crippen MR) is 103 cm³/mol. The van der Waals surface area contributed by atoms with Crippen molar-refractivity contribution in [3.63, 3.8) is 0 Å². The molecule has 0 bridgehead atoms. The molecule has 2 aromatic carbocycles. The largest absolute Gasteiger partial charge is 0.283 e. The Kier molecular flexibility index (Phi) is 4.22. The Labute approximate surface area is 154 Å². The summed E-state index contributed by atoms with van der Waals surface area (Å²) in [6, 6.07) is 15.6. The third-order valence-corrected chi connectivity index (χ3v) is 5.14. The molecule has 0 aliphatic heterocycles. The standard InChI is InChI=1S/C19H17N5OS/c1-3-23(19-21-17-13(2)8-7-11-16(17)26-19)18(25)15-12-20-24(22-15)14-9-5-4-6-10-14/h4-12H,3H2,1-2H3. The quantitative estimate of drug-likeness (QED) is 0.552. The van der Waals surface area contributed by atoms with E-state index in [0.29, 0.717) is 17.4 Å². The molecule has 0 unspecified atom stereocenters. The lowest BCUT2D eigenvalue weighted by molar-refractivity contribution is 0.0983. The number of hydrogen-bond acceptors (Lipinski definition) is 5. The maximum Gasteiger partial charge on any atom is 0.282 e. The molecule has 0 saturated heterocycles. The number of carbonyl (C=O) groups is 1. The summed E-state index contributed by atoms with van der Waals surface area (Å²) >= 11 is 1.51. The Morgan fingerprint density at radius 1 is 1.15 bits per heavy atom. The second-order valence-corrected chi connectivity index (χ2v) is 6.83. The van der Waals surface area contributed by atoms with Crippen LogP contribution < -0.4 is 4.90 Å². The van der Waals surface area contributed by atoms with Crippen molar-refractivity contribution in [1.82, 2.24) is 20.0 Å². The van der Waals surface area contributed by atoms with E-state index in [1.807, 2.05) is 62.4 Å². The molecule has 26 heavy (non-hydrogen) atoms. The summed E-state index contributed by atoms with van der Waals surface area (Å²) in [5, 5.41) is 9.23. The topological polar surface area (TPSA) is 63.9 Å². The molecule has 2 heterocycles. The second kappa shape index (κ2) is 6.68. The van der Waals surface area contributed by atoms with Crippen LogP contribution >= 0.6 is 11.3 Å². The van der Waals surface area contributed by atoms with Crippen LogP contribution in [0.15, 0.2) is 54.7 Å². The molecule has 0 N–H and O–H groups in total. The molecule has 0 fully saturated rings. The van der Waals surface area contributed by atoms with Crippen LogP contribution in [-0.2, 0) is 0 Å². The van der Waals surface area contributed by atoms with Crippen LogP contribution in [0.2, 0.25) is 0 Å². The van der Waals surface area contributed by atoms with Gasteiger partial charge in [-0.3, -0.25) is 9.69 Å². The molecule has 0 atom stereocenters. The van der Waals surface area contributed by atoms with Gasteiger partial charge in [0, 0.05) is 6.54 Å². The summed E-state index contributed by atoms with van der Waals surface area (Å²) in [5.41, 5.74) is 3.15. The van der Waals surface area contributed by atoms with Crippen LogP contribution in [0.3, 0.4) is 0 Å². The van der Waals surface area contributed by atoms with Gasteiger partial charge in [0.15, 0.2) is 10.8 Å². The van der Waals surface area contributed by atoms with Gasteiger partial charge in [-0.05, 0) is 37.6 Å². The molecule has 7 heteroatoms. The number of aromatic nitrogens is 4. The third kappa shape index (κ3) is 2.86.